The maximum absolute atomic E-state index is 11.8. The summed E-state index contributed by atoms with van der Waals surface area (Å²) in [4.78, 5) is 19.8. The lowest BCUT2D eigenvalue weighted by atomic mass is 10.2. The minimum absolute atomic E-state index is 0.00548. The van der Waals surface area contributed by atoms with Crippen LogP contribution in [0.15, 0.2) is 33.7 Å². The van der Waals surface area contributed by atoms with Crippen LogP contribution in [0.3, 0.4) is 0 Å². The van der Waals surface area contributed by atoms with E-state index in [1.54, 1.807) is 19.0 Å². The van der Waals surface area contributed by atoms with Crippen LogP contribution in [0, 0.1) is 0 Å². The second kappa shape index (κ2) is 10.3. The molecule has 1 aromatic carbocycles. The van der Waals surface area contributed by atoms with Crippen LogP contribution in [0.5, 0.6) is 0 Å². The van der Waals surface area contributed by atoms with Gasteiger partial charge in [-0.15, -0.1) is 0 Å². The van der Waals surface area contributed by atoms with Gasteiger partial charge in [-0.2, -0.15) is 0 Å². The van der Waals surface area contributed by atoms with Crippen LogP contribution in [0.2, 0.25) is 0 Å². The number of hydrogen-bond donors (Lipinski definition) is 1. The fourth-order valence-corrected chi connectivity index (χ4v) is 2.34. The zero-order valence-corrected chi connectivity index (χ0v) is 16.1. The Morgan fingerprint density at radius 1 is 1.26 bits per heavy atom. The molecular formula is C17H27BrN4O. The van der Waals surface area contributed by atoms with Crippen LogP contribution >= 0.6 is 15.9 Å². The van der Waals surface area contributed by atoms with Gasteiger partial charge < -0.3 is 15.1 Å². The number of carbonyl (C=O) groups excluding carboxylic acids is 1. The summed E-state index contributed by atoms with van der Waals surface area (Å²) in [6.07, 6.45) is 2.19. The number of likely N-dealkylation sites (N-methyl/N-ethyl adjacent to an activating group) is 1. The van der Waals surface area contributed by atoms with Crippen molar-refractivity contribution in [2.24, 2.45) is 4.99 Å². The van der Waals surface area contributed by atoms with Gasteiger partial charge in [0.25, 0.3) is 0 Å². The van der Waals surface area contributed by atoms with Gasteiger partial charge in [0, 0.05) is 38.7 Å². The molecule has 0 heterocycles. The predicted octanol–water partition coefficient (Wildman–Crippen LogP) is 2.71. The van der Waals surface area contributed by atoms with Crippen molar-refractivity contribution in [1.29, 1.82) is 0 Å². The second-order valence-electron chi connectivity index (χ2n) is 5.66. The molecule has 1 amide bonds. The molecule has 0 fully saturated rings. The molecule has 1 aromatic rings. The molecule has 0 aliphatic rings. The molecule has 0 saturated heterocycles. The van der Waals surface area contributed by atoms with Crippen molar-refractivity contribution in [3.63, 3.8) is 0 Å². The number of benzene rings is 1. The first-order chi connectivity index (χ1) is 11.0. The molecule has 1 rings (SSSR count). The highest BCUT2D eigenvalue weighted by atomic mass is 79.9. The van der Waals surface area contributed by atoms with Crippen LogP contribution in [0.1, 0.15) is 25.3 Å². The molecule has 0 aliphatic carbocycles. The van der Waals surface area contributed by atoms with Crippen molar-refractivity contribution in [2.45, 2.75) is 26.3 Å². The summed E-state index contributed by atoms with van der Waals surface area (Å²) in [5.41, 5.74) is 1.18. The minimum Gasteiger partial charge on any atom is -0.356 e. The standard InChI is InChI=1S/C17H27BrN4O/c1-5-6-11-19-17(20-12-16(23)21(2)3)22(4)13-14-9-7-8-10-15(14)18/h7-10H,5-6,11-13H2,1-4H3,(H,19,20). The van der Waals surface area contributed by atoms with E-state index in [-0.39, 0.29) is 12.5 Å². The zero-order valence-electron chi connectivity index (χ0n) is 14.5. The molecule has 0 saturated carbocycles. The topological polar surface area (TPSA) is 47.9 Å². The van der Waals surface area contributed by atoms with E-state index in [4.69, 9.17) is 0 Å². The van der Waals surface area contributed by atoms with Gasteiger partial charge in [-0.25, -0.2) is 4.99 Å². The second-order valence-corrected chi connectivity index (χ2v) is 6.51. The highest BCUT2D eigenvalue weighted by molar-refractivity contribution is 9.10. The van der Waals surface area contributed by atoms with Gasteiger partial charge in [-0.1, -0.05) is 47.5 Å². The number of halogens is 1. The number of hydrogen-bond acceptors (Lipinski definition) is 2. The van der Waals surface area contributed by atoms with Crippen LogP contribution in [0.4, 0.5) is 0 Å². The zero-order chi connectivity index (χ0) is 17.2. The summed E-state index contributed by atoms with van der Waals surface area (Å²) in [7, 11) is 5.47. The van der Waals surface area contributed by atoms with Crippen molar-refractivity contribution in [3.05, 3.63) is 34.3 Å². The Kier molecular flexibility index (Phi) is 8.69. The third kappa shape index (κ3) is 7.03. The number of carbonyl (C=O) groups is 1. The number of nitrogens with zero attached hydrogens (tertiary/aromatic N) is 3. The number of nitrogens with one attached hydrogen (secondary N) is 1. The third-order valence-electron chi connectivity index (χ3n) is 3.40. The monoisotopic (exact) mass is 382 g/mol. The van der Waals surface area contributed by atoms with E-state index in [0.29, 0.717) is 0 Å². The van der Waals surface area contributed by atoms with E-state index in [0.717, 1.165) is 36.4 Å². The lowest BCUT2D eigenvalue weighted by molar-refractivity contribution is -0.127. The molecule has 1 N–H and O–H groups in total. The Morgan fingerprint density at radius 3 is 2.57 bits per heavy atom. The quantitative estimate of drug-likeness (QED) is 0.448. The Morgan fingerprint density at radius 2 is 1.96 bits per heavy atom. The van der Waals surface area contributed by atoms with Crippen LogP contribution in [-0.2, 0) is 11.3 Å². The third-order valence-corrected chi connectivity index (χ3v) is 4.18. The largest absolute Gasteiger partial charge is 0.356 e. The normalized spacial score (nSPS) is 11.3. The van der Waals surface area contributed by atoms with Crippen LogP contribution in [0.25, 0.3) is 0 Å². The van der Waals surface area contributed by atoms with Gasteiger partial charge in [-0.3, -0.25) is 4.79 Å². The molecule has 0 aromatic heterocycles. The van der Waals surface area contributed by atoms with Gasteiger partial charge in [0.05, 0.1) is 0 Å². The summed E-state index contributed by atoms with van der Waals surface area (Å²) in [6.45, 7) is 3.88. The molecule has 128 valence electrons. The van der Waals surface area contributed by atoms with Crippen molar-refractivity contribution in [1.82, 2.24) is 15.1 Å². The number of rotatable bonds is 7. The van der Waals surface area contributed by atoms with Gasteiger partial charge in [0.2, 0.25) is 5.91 Å². The maximum Gasteiger partial charge on any atom is 0.243 e. The summed E-state index contributed by atoms with van der Waals surface area (Å²) in [5, 5.41) is 3.34. The van der Waals surface area contributed by atoms with Gasteiger partial charge >= 0.3 is 0 Å². The average Bonchev–Trinajstić information content (AvgIpc) is 2.52. The molecule has 0 atom stereocenters. The lowest BCUT2D eigenvalue weighted by Crippen LogP contribution is -2.40. The molecule has 0 spiro atoms. The van der Waals surface area contributed by atoms with Crippen molar-refractivity contribution >= 4 is 27.8 Å². The fourth-order valence-electron chi connectivity index (χ4n) is 1.93. The number of guanidine groups is 1. The van der Waals surface area contributed by atoms with Crippen molar-refractivity contribution in [3.8, 4) is 0 Å². The smallest absolute Gasteiger partial charge is 0.243 e. The average molecular weight is 383 g/mol. The van der Waals surface area contributed by atoms with E-state index in [1.807, 2.05) is 30.1 Å². The molecule has 0 aliphatic heterocycles. The van der Waals surface area contributed by atoms with Crippen LogP contribution in [-0.4, -0.2) is 55.9 Å². The highest BCUT2D eigenvalue weighted by Crippen LogP contribution is 2.17. The number of amides is 1. The van der Waals surface area contributed by atoms with E-state index in [9.17, 15) is 4.79 Å². The molecule has 0 radical (unpaired) electrons. The first-order valence-electron chi connectivity index (χ1n) is 7.88. The minimum atomic E-state index is -0.00548. The summed E-state index contributed by atoms with van der Waals surface area (Å²) in [5.74, 6) is 0.749. The molecule has 6 heteroatoms. The summed E-state index contributed by atoms with van der Waals surface area (Å²) in [6, 6.07) is 8.12. The van der Waals surface area contributed by atoms with Crippen LogP contribution < -0.4 is 5.32 Å². The first-order valence-corrected chi connectivity index (χ1v) is 8.68. The molecule has 0 unspecified atom stereocenters. The first kappa shape index (κ1) is 19.5. The van der Waals surface area contributed by atoms with Gasteiger partial charge in [0.1, 0.15) is 6.54 Å². The summed E-state index contributed by atoms with van der Waals surface area (Å²) >= 11 is 3.57. The number of unbranched alkanes of at least 4 members (excludes halogenated alkanes) is 1. The Hall–Kier alpha value is -1.56. The Bertz CT molecular complexity index is 531. The van der Waals surface area contributed by atoms with Crippen molar-refractivity contribution in [2.75, 3.05) is 34.2 Å². The van der Waals surface area contributed by atoms with E-state index in [1.165, 1.54) is 5.56 Å². The molecule has 0 bridgehead atoms. The SMILES string of the molecule is CCCCNC(=NCC(=O)N(C)C)N(C)Cc1ccccc1Br. The van der Waals surface area contributed by atoms with Gasteiger partial charge in [-0.05, 0) is 18.1 Å². The molecule has 23 heavy (non-hydrogen) atoms. The lowest BCUT2D eigenvalue weighted by Gasteiger charge is -2.23. The van der Waals surface area contributed by atoms with E-state index in [2.05, 4.69) is 39.2 Å². The predicted molar refractivity (Wildman–Crippen MR) is 99.5 cm³/mol. The fraction of sp³-hybridized carbons (Fsp3) is 0.529. The van der Waals surface area contributed by atoms with E-state index < -0.39 is 0 Å². The Labute approximate surface area is 147 Å². The van der Waals surface area contributed by atoms with Gasteiger partial charge in [0.15, 0.2) is 5.96 Å². The van der Waals surface area contributed by atoms with Crippen molar-refractivity contribution < 1.29 is 4.79 Å². The Balaban J connectivity index is 2.78. The molecule has 5 nitrogen and oxygen atoms in total. The number of aliphatic imine (C=N–C) groups is 1. The maximum atomic E-state index is 11.8. The highest BCUT2D eigenvalue weighted by Gasteiger charge is 2.10. The summed E-state index contributed by atoms with van der Waals surface area (Å²) < 4.78 is 1.07. The molecular weight excluding hydrogens is 356 g/mol. The van der Waals surface area contributed by atoms with E-state index >= 15 is 0 Å².